The van der Waals surface area contributed by atoms with Crippen molar-refractivity contribution < 1.29 is 14.3 Å². The van der Waals surface area contributed by atoms with E-state index < -0.39 is 6.09 Å². The second kappa shape index (κ2) is 9.18. The lowest BCUT2D eigenvalue weighted by molar-refractivity contribution is 0.155. The Morgan fingerprint density at radius 1 is 1.23 bits per heavy atom. The summed E-state index contributed by atoms with van der Waals surface area (Å²) in [7, 11) is 1.63. The van der Waals surface area contributed by atoms with Crippen molar-refractivity contribution in [1.82, 2.24) is 14.5 Å². The number of amides is 1. The van der Waals surface area contributed by atoms with Gasteiger partial charge in [-0.2, -0.15) is 0 Å². The summed E-state index contributed by atoms with van der Waals surface area (Å²) in [5.41, 5.74) is 4.48. The van der Waals surface area contributed by atoms with Crippen LogP contribution in [0.25, 0.3) is 21.6 Å². The number of hydrogen-bond donors (Lipinski definition) is 1. The van der Waals surface area contributed by atoms with Gasteiger partial charge >= 0.3 is 6.09 Å². The number of nitrogens with zero attached hydrogens (tertiary/aromatic N) is 3. The van der Waals surface area contributed by atoms with Crippen LogP contribution >= 0.6 is 11.3 Å². The van der Waals surface area contributed by atoms with Gasteiger partial charge in [-0.05, 0) is 43.2 Å². The van der Waals surface area contributed by atoms with Crippen LogP contribution in [-0.2, 0) is 17.9 Å². The lowest BCUT2D eigenvalue weighted by Gasteiger charge is -2.07. The van der Waals surface area contributed by atoms with Crippen molar-refractivity contribution in [3.8, 4) is 16.3 Å². The van der Waals surface area contributed by atoms with Gasteiger partial charge in [0.2, 0.25) is 0 Å². The fraction of sp³-hybridized carbons (Fsp3) is 0.261. The quantitative estimate of drug-likeness (QED) is 0.406. The van der Waals surface area contributed by atoms with Crippen molar-refractivity contribution in [1.29, 1.82) is 0 Å². The van der Waals surface area contributed by atoms with Gasteiger partial charge < -0.3 is 14.0 Å². The molecule has 0 saturated carbocycles. The molecule has 4 rings (SSSR count). The van der Waals surface area contributed by atoms with E-state index in [-0.39, 0.29) is 6.61 Å². The number of carbonyl (C=O) groups excluding carboxylic acids is 1. The lowest BCUT2D eigenvalue weighted by atomic mass is 10.2. The first kappa shape index (κ1) is 20.9. The van der Waals surface area contributed by atoms with Gasteiger partial charge in [-0.25, -0.2) is 14.8 Å². The van der Waals surface area contributed by atoms with Gasteiger partial charge in [0, 0.05) is 6.54 Å². The fourth-order valence-corrected chi connectivity index (χ4v) is 4.33. The molecule has 0 radical (unpaired) electrons. The van der Waals surface area contributed by atoms with Crippen LogP contribution in [0, 0.1) is 6.92 Å². The van der Waals surface area contributed by atoms with E-state index in [0.717, 1.165) is 51.6 Å². The summed E-state index contributed by atoms with van der Waals surface area (Å²) in [5, 5.41) is 4.23. The smallest absolute Gasteiger partial charge is 0.412 e. The predicted molar refractivity (Wildman–Crippen MR) is 123 cm³/mol. The van der Waals surface area contributed by atoms with Crippen molar-refractivity contribution in [2.24, 2.45) is 0 Å². The zero-order valence-corrected chi connectivity index (χ0v) is 18.5. The number of rotatable bonds is 7. The van der Waals surface area contributed by atoms with Gasteiger partial charge in [0.1, 0.15) is 22.4 Å². The molecule has 31 heavy (non-hydrogen) atoms. The van der Waals surface area contributed by atoms with Crippen LogP contribution in [0.2, 0.25) is 0 Å². The number of imidazole rings is 1. The van der Waals surface area contributed by atoms with Gasteiger partial charge in [0.15, 0.2) is 0 Å². The van der Waals surface area contributed by atoms with E-state index in [9.17, 15) is 4.79 Å². The Balaban J connectivity index is 1.41. The minimum Gasteiger partial charge on any atom is -0.496 e. The number of nitrogens with one attached hydrogen (secondary N) is 1. The monoisotopic (exact) mass is 436 g/mol. The van der Waals surface area contributed by atoms with E-state index in [2.05, 4.69) is 26.8 Å². The maximum Gasteiger partial charge on any atom is 0.412 e. The molecule has 8 heteroatoms. The summed E-state index contributed by atoms with van der Waals surface area (Å²) in [6, 6.07) is 13.6. The van der Waals surface area contributed by atoms with E-state index in [1.54, 1.807) is 7.11 Å². The number of methoxy groups -OCH3 is 1. The number of hydrogen-bond acceptors (Lipinski definition) is 6. The van der Waals surface area contributed by atoms with Gasteiger partial charge in [-0.15, -0.1) is 0 Å². The van der Waals surface area contributed by atoms with E-state index >= 15 is 0 Å². The molecule has 1 N–H and O–H groups in total. The van der Waals surface area contributed by atoms with Crippen molar-refractivity contribution in [3.63, 3.8) is 0 Å². The van der Waals surface area contributed by atoms with Crippen molar-refractivity contribution in [2.75, 3.05) is 12.4 Å². The third-order valence-corrected chi connectivity index (χ3v) is 5.98. The van der Waals surface area contributed by atoms with E-state index in [4.69, 9.17) is 9.47 Å². The van der Waals surface area contributed by atoms with Gasteiger partial charge in [-0.1, -0.05) is 36.5 Å². The minimum atomic E-state index is -0.519. The van der Waals surface area contributed by atoms with Crippen LogP contribution < -0.4 is 10.1 Å². The zero-order valence-electron chi connectivity index (χ0n) is 17.7. The van der Waals surface area contributed by atoms with Gasteiger partial charge in [-0.3, -0.25) is 5.32 Å². The minimum absolute atomic E-state index is 0.166. The first-order valence-electron chi connectivity index (χ1n) is 10.1. The van der Waals surface area contributed by atoms with Crippen molar-refractivity contribution in [2.45, 2.75) is 33.4 Å². The molecule has 0 bridgehead atoms. The van der Waals surface area contributed by atoms with Crippen LogP contribution in [0.1, 0.15) is 24.6 Å². The number of anilines is 1. The fourth-order valence-electron chi connectivity index (χ4n) is 3.34. The Morgan fingerprint density at radius 3 is 2.87 bits per heavy atom. The highest BCUT2D eigenvalue weighted by Gasteiger charge is 2.15. The molecule has 0 aliphatic rings. The summed E-state index contributed by atoms with van der Waals surface area (Å²) >= 11 is 1.39. The summed E-state index contributed by atoms with van der Waals surface area (Å²) < 4.78 is 13.0. The van der Waals surface area contributed by atoms with E-state index in [1.807, 2.05) is 55.7 Å². The number of benzene rings is 2. The molecular formula is C23H24N4O3S. The van der Waals surface area contributed by atoms with E-state index in [1.165, 1.54) is 11.3 Å². The first-order chi connectivity index (χ1) is 15.1. The van der Waals surface area contributed by atoms with E-state index in [0.29, 0.717) is 5.00 Å². The average molecular weight is 437 g/mol. The molecule has 0 unspecified atom stereocenters. The maximum absolute atomic E-state index is 12.4. The largest absolute Gasteiger partial charge is 0.496 e. The Kier molecular flexibility index (Phi) is 6.18. The SMILES string of the molecule is CCCn1cnc2cc(COC(=O)Nc3sc(-c4ccccc4OC)nc3C)ccc21. The number of ether oxygens (including phenoxy) is 2. The molecule has 4 aromatic rings. The summed E-state index contributed by atoms with van der Waals surface area (Å²) in [5.74, 6) is 0.738. The maximum atomic E-state index is 12.4. The molecule has 2 aromatic carbocycles. The second-order valence-corrected chi connectivity index (χ2v) is 8.10. The number of fused-ring (bicyclic) bond motifs is 1. The molecular weight excluding hydrogens is 412 g/mol. The highest BCUT2D eigenvalue weighted by atomic mass is 32.1. The molecule has 7 nitrogen and oxygen atoms in total. The average Bonchev–Trinajstić information content (AvgIpc) is 3.35. The Labute approximate surface area is 184 Å². The molecule has 0 aliphatic carbocycles. The Morgan fingerprint density at radius 2 is 2.06 bits per heavy atom. The van der Waals surface area contributed by atoms with Gasteiger partial charge in [0.25, 0.3) is 0 Å². The highest BCUT2D eigenvalue weighted by molar-refractivity contribution is 7.19. The third-order valence-electron chi connectivity index (χ3n) is 4.87. The number of carbonyl (C=O) groups is 1. The van der Waals surface area contributed by atoms with Crippen LogP contribution in [0.4, 0.5) is 9.80 Å². The van der Waals surface area contributed by atoms with Gasteiger partial charge in [0.05, 0.1) is 35.7 Å². The molecule has 0 aliphatic heterocycles. The molecule has 0 atom stereocenters. The first-order valence-corrected chi connectivity index (χ1v) is 10.9. The molecule has 160 valence electrons. The molecule has 1 amide bonds. The normalized spacial score (nSPS) is 10.9. The van der Waals surface area contributed by atoms with Crippen molar-refractivity contribution >= 4 is 33.5 Å². The highest BCUT2D eigenvalue weighted by Crippen LogP contribution is 2.36. The number of aryl methyl sites for hydroxylation is 2. The molecule has 2 aromatic heterocycles. The van der Waals surface area contributed by atoms with Crippen molar-refractivity contribution in [3.05, 3.63) is 60.0 Å². The molecule has 0 fully saturated rings. The molecule has 2 heterocycles. The topological polar surface area (TPSA) is 78.3 Å². The summed E-state index contributed by atoms with van der Waals surface area (Å²) in [6.45, 7) is 5.09. The Hall–Kier alpha value is -3.39. The lowest BCUT2D eigenvalue weighted by Crippen LogP contribution is -2.13. The molecule has 0 saturated heterocycles. The van der Waals surface area contributed by atoms with Crippen LogP contribution in [0.5, 0.6) is 5.75 Å². The number of thiazole rings is 1. The predicted octanol–water partition coefficient (Wildman–Crippen LogP) is 5.64. The van der Waals surface area contributed by atoms with Crippen LogP contribution in [0.15, 0.2) is 48.8 Å². The Bertz CT molecular complexity index is 1210. The third kappa shape index (κ3) is 4.54. The summed E-state index contributed by atoms with van der Waals surface area (Å²) in [4.78, 5) is 21.4. The second-order valence-electron chi connectivity index (χ2n) is 7.10. The molecule has 0 spiro atoms. The number of aromatic nitrogens is 3. The number of para-hydroxylation sites is 1. The zero-order chi connectivity index (χ0) is 21.8. The van der Waals surface area contributed by atoms with Crippen LogP contribution in [-0.4, -0.2) is 27.7 Å². The summed E-state index contributed by atoms with van der Waals surface area (Å²) in [6.07, 6.45) is 2.37. The van der Waals surface area contributed by atoms with Crippen LogP contribution in [0.3, 0.4) is 0 Å². The standard InChI is InChI=1S/C23H24N4O3S/c1-4-11-27-14-24-18-12-16(9-10-19(18)27)13-30-23(28)26-21-15(2)25-22(31-21)17-7-5-6-8-20(17)29-3/h5-10,12,14H,4,11,13H2,1-3H3,(H,26,28).